The molecule has 0 aromatic rings. The van der Waals surface area contributed by atoms with Gasteiger partial charge in [0, 0.05) is 6.54 Å². The van der Waals surface area contributed by atoms with Crippen LogP contribution in [0, 0.1) is 0 Å². The Morgan fingerprint density at radius 3 is 2.67 bits per heavy atom. The van der Waals surface area contributed by atoms with Crippen molar-refractivity contribution in [3.63, 3.8) is 0 Å². The van der Waals surface area contributed by atoms with Crippen molar-refractivity contribution in [1.29, 1.82) is 0 Å². The Balaban J connectivity index is 2.36. The minimum Gasteiger partial charge on any atom is -0.370 e. The topological polar surface area (TPSA) is 103 Å². The van der Waals surface area contributed by atoms with Crippen LogP contribution in [0.2, 0.25) is 0 Å². The fourth-order valence-corrected chi connectivity index (χ4v) is 1.37. The second kappa shape index (κ2) is 5.19. The van der Waals surface area contributed by atoms with Gasteiger partial charge < -0.3 is 17.2 Å². The molecule has 0 atom stereocenters. The minimum absolute atomic E-state index is 0.0629. The number of allylic oxidation sites excluding steroid dienone is 3. The van der Waals surface area contributed by atoms with E-state index in [4.69, 9.17) is 17.2 Å². The highest BCUT2D eigenvalue weighted by Crippen LogP contribution is 2.18. The molecule has 1 aliphatic carbocycles. The molecule has 0 spiro atoms. The lowest BCUT2D eigenvalue weighted by Gasteiger charge is -1.96. The molecule has 5 heteroatoms. The summed E-state index contributed by atoms with van der Waals surface area (Å²) in [5.41, 5.74) is 18.4. The Morgan fingerprint density at radius 2 is 2.13 bits per heavy atom. The summed E-state index contributed by atoms with van der Waals surface area (Å²) < 4.78 is 0. The largest absolute Gasteiger partial charge is 0.370 e. The molecule has 5 nitrogen and oxygen atoms in total. The molecule has 0 saturated heterocycles. The van der Waals surface area contributed by atoms with Gasteiger partial charge in [0.2, 0.25) is 5.96 Å². The maximum Gasteiger partial charge on any atom is 0.218 e. The third-order valence-electron chi connectivity index (χ3n) is 2.04. The Bertz CT molecular complexity index is 345. The Hall–Kier alpha value is -1.78. The maximum atomic E-state index is 5.45. The van der Waals surface area contributed by atoms with E-state index in [-0.39, 0.29) is 11.9 Å². The van der Waals surface area contributed by atoms with E-state index in [2.05, 4.69) is 29.1 Å². The fraction of sp³-hybridized carbons (Fsp3) is 0.400. The highest BCUT2D eigenvalue weighted by molar-refractivity contribution is 5.92. The zero-order valence-electron chi connectivity index (χ0n) is 8.90. The van der Waals surface area contributed by atoms with Gasteiger partial charge in [-0.15, -0.1) is 0 Å². The van der Waals surface area contributed by atoms with E-state index in [1.165, 1.54) is 11.1 Å². The van der Waals surface area contributed by atoms with E-state index < -0.39 is 0 Å². The molecular weight excluding hydrogens is 190 g/mol. The highest BCUT2D eigenvalue weighted by atomic mass is 15.1. The second-order valence-corrected chi connectivity index (χ2v) is 3.50. The quantitative estimate of drug-likeness (QED) is 0.456. The molecule has 6 N–H and O–H groups in total. The molecule has 0 fully saturated rings. The number of aliphatic imine (C=N–C) groups is 2. The third kappa shape index (κ3) is 4.30. The molecule has 82 valence electrons. The van der Waals surface area contributed by atoms with Gasteiger partial charge in [-0.3, -0.25) is 4.99 Å². The van der Waals surface area contributed by atoms with Crippen LogP contribution in [0.3, 0.4) is 0 Å². The number of nitrogens with zero attached hydrogens (tertiary/aromatic N) is 2. The first-order valence-electron chi connectivity index (χ1n) is 4.83. The van der Waals surface area contributed by atoms with Crippen LogP contribution in [-0.4, -0.2) is 18.5 Å². The van der Waals surface area contributed by atoms with Crippen molar-refractivity contribution in [3.8, 4) is 0 Å². The monoisotopic (exact) mass is 207 g/mol. The Kier molecular flexibility index (Phi) is 3.91. The molecule has 0 radical (unpaired) electrons. The molecule has 1 rings (SSSR count). The van der Waals surface area contributed by atoms with Crippen LogP contribution in [0.15, 0.2) is 33.3 Å². The van der Waals surface area contributed by atoms with Gasteiger partial charge in [0.25, 0.3) is 0 Å². The smallest absolute Gasteiger partial charge is 0.218 e. The first-order chi connectivity index (χ1) is 7.08. The van der Waals surface area contributed by atoms with Gasteiger partial charge in [-0.1, -0.05) is 17.7 Å². The maximum absolute atomic E-state index is 5.45. The predicted molar refractivity (Wildman–Crippen MR) is 63.4 cm³/mol. The first-order valence-corrected chi connectivity index (χ1v) is 4.83. The second-order valence-electron chi connectivity index (χ2n) is 3.50. The molecule has 0 aromatic carbocycles. The Morgan fingerprint density at radius 1 is 1.40 bits per heavy atom. The van der Waals surface area contributed by atoms with Crippen molar-refractivity contribution in [2.24, 2.45) is 27.2 Å². The summed E-state index contributed by atoms with van der Waals surface area (Å²) in [5, 5.41) is 0. The average Bonchev–Trinajstić information content (AvgIpc) is 2.50. The van der Waals surface area contributed by atoms with E-state index in [1.54, 1.807) is 0 Å². The van der Waals surface area contributed by atoms with Gasteiger partial charge in [-0.05, 0) is 25.3 Å². The minimum atomic E-state index is -0.0629. The van der Waals surface area contributed by atoms with Crippen molar-refractivity contribution in [1.82, 2.24) is 0 Å². The summed E-state index contributed by atoms with van der Waals surface area (Å²) in [6.07, 6.45) is 6.29. The van der Waals surface area contributed by atoms with E-state index in [0.717, 1.165) is 12.8 Å². The van der Waals surface area contributed by atoms with E-state index in [1.807, 2.05) is 0 Å². The zero-order chi connectivity index (χ0) is 11.3. The van der Waals surface area contributed by atoms with Crippen molar-refractivity contribution < 1.29 is 0 Å². The summed E-state index contributed by atoms with van der Waals surface area (Å²) in [6.45, 7) is 2.72. The summed E-state index contributed by atoms with van der Waals surface area (Å²) in [7, 11) is 0. The van der Waals surface area contributed by atoms with Gasteiger partial charge in [0.1, 0.15) is 0 Å². The summed E-state index contributed by atoms with van der Waals surface area (Å²) in [6, 6.07) is 0. The van der Waals surface area contributed by atoms with Crippen LogP contribution in [-0.2, 0) is 0 Å². The lowest BCUT2D eigenvalue weighted by Crippen LogP contribution is -2.26. The van der Waals surface area contributed by atoms with Gasteiger partial charge in [-0.2, -0.15) is 4.99 Å². The standard InChI is InChI=1S/C10H17N5/c1-7-2-3-8(6-7)4-5-14-10(13)15-9(11)12/h3,6H,2,4-5H2,1H3,(H6,11,12,13,14,15). The molecule has 0 bridgehead atoms. The number of nitrogens with two attached hydrogens (primary N) is 3. The number of rotatable bonds is 3. The van der Waals surface area contributed by atoms with Crippen LogP contribution in [0.1, 0.15) is 19.8 Å². The van der Waals surface area contributed by atoms with Crippen molar-refractivity contribution >= 4 is 11.9 Å². The van der Waals surface area contributed by atoms with Crippen molar-refractivity contribution in [2.75, 3.05) is 6.54 Å². The number of hydrogen-bond acceptors (Lipinski definition) is 1. The molecular formula is C10H17N5. The lowest BCUT2D eigenvalue weighted by atomic mass is 10.2. The fourth-order valence-electron chi connectivity index (χ4n) is 1.37. The summed E-state index contributed by atoms with van der Waals surface area (Å²) in [4.78, 5) is 7.65. The van der Waals surface area contributed by atoms with Crippen LogP contribution >= 0.6 is 0 Å². The van der Waals surface area contributed by atoms with Gasteiger partial charge in [0.15, 0.2) is 5.96 Å². The van der Waals surface area contributed by atoms with E-state index in [9.17, 15) is 0 Å². The highest BCUT2D eigenvalue weighted by Gasteiger charge is 2.01. The van der Waals surface area contributed by atoms with Crippen molar-refractivity contribution in [3.05, 3.63) is 23.3 Å². The SMILES string of the molecule is CC1=CC(CCN=C(N)N=C(N)N)=CC1. The lowest BCUT2D eigenvalue weighted by molar-refractivity contribution is 0.967. The van der Waals surface area contributed by atoms with E-state index >= 15 is 0 Å². The Labute approximate surface area is 89.4 Å². The molecule has 1 aliphatic rings. The predicted octanol–water partition coefficient (Wildman–Crippen LogP) is 0.241. The normalized spacial score (nSPS) is 15.9. The number of guanidine groups is 2. The first kappa shape index (κ1) is 11.3. The molecule has 0 saturated carbocycles. The van der Waals surface area contributed by atoms with Gasteiger partial charge >= 0.3 is 0 Å². The van der Waals surface area contributed by atoms with Gasteiger partial charge in [-0.25, -0.2) is 0 Å². The summed E-state index contributed by atoms with van der Waals surface area (Å²) in [5.74, 6) is 0.0707. The molecule has 0 heterocycles. The zero-order valence-corrected chi connectivity index (χ0v) is 8.90. The molecule has 15 heavy (non-hydrogen) atoms. The average molecular weight is 207 g/mol. The third-order valence-corrected chi connectivity index (χ3v) is 2.04. The number of hydrogen-bond donors (Lipinski definition) is 3. The molecule has 0 unspecified atom stereocenters. The van der Waals surface area contributed by atoms with E-state index in [0.29, 0.717) is 6.54 Å². The van der Waals surface area contributed by atoms with Crippen LogP contribution in [0.4, 0.5) is 0 Å². The molecule has 0 aliphatic heterocycles. The molecule has 0 amide bonds. The van der Waals surface area contributed by atoms with Crippen LogP contribution < -0.4 is 17.2 Å². The van der Waals surface area contributed by atoms with Crippen molar-refractivity contribution in [2.45, 2.75) is 19.8 Å². The van der Waals surface area contributed by atoms with Crippen LogP contribution in [0.5, 0.6) is 0 Å². The van der Waals surface area contributed by atoms with Gasteiger partial charge in [0.05, 0.1) is 0 Å². The summed E-state index contributed by atoms with van der Waals surface area (Å²) >= 11 is 0. The van der Waals surface area contributed by atoms with Crippen LogP contribution in [0.25, 0.3) is 0 Å². The molecule has 0 aromatic heterocycles.